The van der Waals surface area contributed by atoms with Crippen molar-refractivity contribution in [3.63, 3.8) is 0 Å². The van der Waals surface area contributed by atoms with Crippen molar-refractivity contribution >= 4 is 46.0 Å². The fourth-order valence-electron chi connectivity index (χ4n) is 1.91. The summed E-state index contributed by atoms with van der Waals surface area (Å²) >= 11 is 5.06. The van der Waals surface area contributed by atoms with Crippen LogP contribution in [0.5, 0.6) is 0 Å². The van der Waals surface area contributed by atoms with Crippen LogP contribution in [0, 0.1) is 5.82 Å². The van der Waals surface area contributed by atoms with Crippen LogP contribution in [-0.4, -0.2) is 30.0 Å². The SMILES string of the molecule is Cl.O=C(CC1CSCCN1)NCc1ccc(Br)cc1F. The lowest BCUT2D eigenvalue weighted by Crippen LogP contribution is -2.41. The first-order chi connectivity index (χ1) is 9.15. The summed E-state index contributed by atoms with van der Waals surface area (Å²) in [5.74, 6) is 1.71. The van der Waals surface area contributed by atoms with Gasteiger partial charge in [-0.25, -0.2) is 4.39 Å². The minimum Gasteiger partial charge on any atom is -0.352 e. The van der Waals surface area contributed by atoms with Gasteiger partial charge < -0.3 is 10.6 Å². The van der Waals surface area contributed by atoms with E-state index in [1.807, 2.05) is 11.8 Å². The zero-order valence-corrected chi connectivity index (χ0v) is 14.0. The number of carbonyl (C=O) groups is 1. The molecule has 0 spiro atoms. The summed E-state index contributed by atoms with van der Waals surface area (Å²) in [7, 11) is 0. The summed E-state index contributed by atoms with van der Waals surface area (Å²) in [5, 5.41) is 6.07. The van der Waals surface area contributed by atoms with E-state index in [0.717, 1.165) is 18.1 Å². The van der Waals surface area contributed by atoms with E-state index in [2.05, 4.69) is 26.6 Å². The molecule has 3 nitrogen and oxygen atoms in total. The third kappa shape index (κ3) is 5.60. The van der Waals surface area contributed by atoms with Crippen LogP contribution >= 0.6 is 40.1 Å². The lowest BCUT2D eigenvalue weighted by molar-refractivity contribution is -0.121. The molecule has 0 aliphatic carbocycles. The Labute approximate surface area is 137 Å². The lowest BCUT2D eigenvalue weighted by Gasteiger charge is -2.22. The van der Waals surface area contributed by atoms with Crippen molar-refractivity contribution in [1.29, 1.82) is 0 Å². The maximum absolute atomic E-state index is 13.6. The van der Waals surface area contributed by atoms with E-state index in [9.17, 15) is 9.18 Å². The first-order valence-electron chi connectivity index (χ1n) is 6.17. The number of nitrogens with one attached hydrogen (secondary N) is 2. The van der Waals surface area contributed by atoms with Gasteiger partial charge in [0.1, 0.15) is 5.82 Å². The fourth-order valence-corrected chi connectivity index (χ4v) is 3.19. The molecule has 0 bridgehead atoms. The van der Waals surface area contributed by atoms with Gasteiger partial charge in [0.25, 0.3) is 0 Å². The predicted molar refractivity (Wildman–Crippen MR) is 86.9 cm³/mol. The molecule has 20 heavy (non-hydrogen) atoms. The number of hydrogen-bond acceptors (Lipinski definition) is 3. The Balaban J connectivity index is 0.00000200. The molecule has 1 saturated heterocycles. The summed E-state index contributed by atoms with van der Waals surface area (Å²) in [4.78, 5) is 11.8. The van der Waals surface area contributed by atoms with Gasteiger partial charge in [0.05, 0.1) is 0 Å². The molecule has 1 aliphatic rings. The van der Waals surface area contributed by atoms with Gasteiger partial charge >= 0.3 is 0 Å². The van der Waals surface area contributed by atoms with Crippen LogP contribution in [0.1, 0.15) is 12.0 Å². The van der Waals surface area contributed by atoms with E-state index >= 15 is 0 Å². The molecular weight excluding hydrogens is 367 g/mol. The maximum atomic E-state index is 13.6. The van der Waals surface area contributed by atoms with Gasteiger partial charge in [0.15, 0.2) is 0 Å². The average Bonchev–Trinajstić information content (AvgIpc) is 2.39. The second-order valence-electron chi connectivity index (χ2n) is 4.44. The number of benzene rings is 1. The minimum atomic E-state index is -0.305. The number of halogens is 3. The highest BCUT2D eigenvalue weighted by Gasteiger charge is 2.16. The smallest absolute Gasteiger partial charge is 0.221 e. The number of carbonyl (C=O) groups excluding carboxylic acids is 1. The molecule has 1 aliphatic heterocycles. The van der Waals surface area contributed by atoms with Crippen molar-refractivity contribution in [1.82, 2.24) is 10.6 Å². The Kier molecular flexibility index (Phi) is 7.87. The van der Waals surface area contributed by atoms with Crippen LogP contribution in [0.2, 0.25) is 0 Å². The predicted octanol–water partition coefficient (Wildman–Crippen LogP) is 2.72. The van der Waals surface area contributed by atoms with Crippen LogP contribution in [-0.2, 0) is 11.3 Å². The summed E-state index contributed by atoms with van der Waals surface area (Å²) in [6.07, 6.45) is 0.450. The molecule has 2 rings (SSSR count). The molecule has 1 fully saturated rings. The Morgan fingerprint density at radius 3 is 3.00 bits per heavy atom. The second-order valence-corrected chi connectivity index (χ2v) is 6.51. The Morgan fingerprint density at radius 1 is 1.55 bits per heavy atom. The standard InChI is InChI=1S/C13H16BrFN2OS.ClH/c14-10-2-1-9(12(15)5-10)7-17-13(18)6-11-8-19-4-3-16-11;/h1-2,5,11,16H,3-4,6-8H2,(H,17,18);1H. The molecule has 0 radical (unpaired) electrons. The van der Waals surface area contributed by atoms with Crippen molar-refractivity contribution in [2.45, 2.75) is 19.0 Å². The van der Waals surface area contributed by atoms with E-state index in [1.165, 1.54) is 6.07 Å². The first kappa shape index (κ1) is 17.8. The third-order valence-electron chi connectivity index (χ3n) is 2.92. The number of amides is 1. The molecule has 112 valence electrons. The molecule has 1 heterocycles. The molecular formula is C13H17BrClFN2OS. The van der Waals surface area contributed by atoms with Gasteiger partial charge in [-0.3, -0.25) is 4.79 Å². The van der Waals surface area contributed by atoms with Crippen LogP contribution in [0.25, 0.3) is 0 Å². The molecule has 1 aromatic carbocycles. The lowest BCUT2D eigenvalue weighted by atomic mass is 10.2. The van der Waals surface area contributed by atoms with Gasteiger partial charge in [-0.15, -0.1) is 12.4 Å². The van der Waals surface area contributed by atoms with E-state index in [-0.39, 0.29) is 36.7 Å². The highest BCUT2D eigenvalue weighted by Crippen LogP contribution is 2.15. The molecule has 2 N–H and O–H groups in total. The van der Waals surface area contributed by atoms with Crippen LogP contribution < -0.4 is 10.6 Å². The zero-order chi connectivity index (χ0) is 13.7. The summed E-state index contributed by atoms with van der Waals surface area (Å²) in [5.41, 5.74) is 0.502. The van der Waals surface area contributed by atoms with E-state index < -0.39 is 0 Å². The molecule has 1 atom stereocenters. The van der Waals surface area contributed by atoms with Crippen molar-refractivity contribution < 1.29 is 9.18 Å². The topological polar surface area (TPSA) is 41.1 Å². The number of rotatable bonds is 4. The molecule has 1 amide bonds. The van der Waals surface area contributed by atoms with Gasteiger partial charge in [0, 0.05) is 47.1 Å². The Bertz CT molecular complexity index is 458. The Hall–Kier alpha value is -0.300. The van der Waals surface area contributed by atoms with Crippen LogP contribution in [0.15, 0.2) is 22.7 Å². The van der Waals surface area contributed by atoms with Crippen molar-refractivity contribution in [3.05, 3.63) is 34.1 Å². The molecule has 0 aromatic heterocycles. The monoisotopic (exact) mass is 382 g/mol. The van der Waals surface area contributed by atoms with E-state index in [4.69, 9.17) is 0 Å². The summed E-state index contributed by atoms with van der Waals surface area (Å²) < 4.78 is 14.3. The van der Waals surface area contributed by atoms with Gasteiger partial charge in [-0.2, -0.15) is 11.8 Å². The van der Waals surface area contributed by atoms with Crippen LogP contribution in [0.4, 0.5) is 4.39 Å². The maximum Gasteiger partial charge on any atom is 0.221 e. The molecule has 1 unspecified atom stereocenters. The molecule has 7 heteroatoms. The van der Waals surface area contributed by atoms with Crippen molar-refractivity contribution in [3.8, 4) is 0 Å². The third-order valence-corrected chi connectivity index (χ3v) is 4.55. The van der Waals surface area contributed by atoms with E-state index in [1.54, 1.807) is 12.1 Å². The fraction of sp³-hybridized carbons (Fsp3) is 0.462. The Morgan fingerprint density at radius 2 is 2.35 bits per heavy atom. The normalized spacial score (nSPS) is 18.2. The van der Waals surface area contributed by atoms with Gasteiger partial charge in [0.2, 0.25) is 5.91 Å². The highest BCUT2D eigenvalue weighted by molar-refractivity contribution is 9.10. The second kappa shape index (κ2) is 8.87. The number of thioether (sulfide) groups is 1. The van der Waals surface area contributed by atoms with Crippen molar-refractivity contribution in [2.75, 3.05) is 18.1 Å². The first-order valence-corrected chi connectivity index (χ1v) is 8.11. The zero-order valence-electron chi connectivity index (χ0n) is 10.8. The molecule has 1 aromatic rings. The molecule has 0 saturated carbocycles. The summed E-state index contributed by atoms with van der Waals surface area (Å²) in [6.45, 7) is 1.18. The average molecular weight is 384 g/mol. The number of hydrogen-bond donors (Lipinski definition) is 2. The summed E-state index contributed by atoms with van der Waals surface area (Å²) in [6, 6.07) is 5.08. The largest absolute Gasteiger partial charge is 0.352 e. The highest BCUT2D eigenvalue weighted by atomic mass is 79.9. The van der Waals surface area contributed by atoms with Gasteiger partial charge in [-0.1, -0.05) is 22.0 Å². The quantitative estimate of drug-likeness (QED) is 0.840. The van der Waals surface area contributed by atoms with E-state index in [0.29, 0.717) is 16.5 Å². The van der Waals surface area contributed by atoms with Crippen LogP contribution in [0.3, 0.4) is 0 Å². The van der Waals surface area contributed by atoms with Gasteiger partial charge in [-0.05, 0) is 12.1 Å². The minimum absolute atomic E-state index is 0. The van der Waals surface area contributed by atoms with Crippen molar-refractivity contribution in [2.24, 2.45) is 0 Å².